The second-order valence-corrected chi connectivity index (χ2v) is 2.41. The van der Waals surface area contributed by atoms with Crippen LogP contribution in [-0.2, 0) is 0 Å². The zero-order chi connectivity index (χ0) is 10.2. The molecule has 0 aliphatic heterocycles. The van der Waals surface area contributed by atoms with Gasteiger partial charge in [-0.1, -0.05) is 0 Å². The van der Waals surface area contributed by atoms with E-state index in [1.165, 1.54) is 0 Å². The molecule has 0 atom stereocenters. The number of hydrogen-bond donors (Lipinski definition) is 1. The highest BCUT2D eigenvalue weighted by atomic mass is 19.4. The number of hydrogen-bond acceptors (Lipinski definition) is 1. The molecule has 0 fully saturated rings. The van der Waals surface area contributed by atoms with Gasteiger partial charge >= 0.3 is 6.98 Å². The monoisotopic (exact) mass is 197 g/mol. The van der Waals surface area contributed by atoms with Crippen LogP contribution < -0.4 is 5.46 Å². The maximum absolute atomic E-state index is 12.3. The van der Waals surface area contributed by atoms with Gasteiger partial charge in [0.1, 0.15) is 0 Å². The molecular formula is C6H3BF5O-. The summed E-state index contributed by atoms with van der Waals surface area (Å²) in [6.45, 7) is -5.42. The van der Waals surface area contributed by atoms with E-state index >= 15 is 0 Å². The first-order valence-electron chi connectivity index (χ1n) is 3.20. The minimum atomic E-state index is -5.42. The Morgan fingerprint density at radius 3 is 2.00 bits per heavy atom. The Hall–Kier alpha value is -1.27. The maximum atomic E-state index is 12.3. The number of halogens is 5. The van der Waals surface area contributed by atoms with Gasteiger partial charge in [0.2, 0.25) is 0 Å². The van der Waals surface area contributed by atoms with Crippen molar-refractivity contribution in [3.05, 3.63) is 23.8 Å². The second-order valence-electron chi connectivity index (χ2n) is 2.41. The molecule has 0 radical (unpaired) electrons. The quantitative estimate of drug-likeness (QED) is 0.536. The third kappa shape index (κ3) is 1.91. The molecule has 1 nitrogen and oxygen atoms in total. The van der Waals surface area contributed by atoms with Crippen molar-refractivity contribution >= 4 is 12.4 Å². The van der Waals surface area contributed by atoms with Gasteiger partial charge in [-0.3, -0.25) is 0 Å². The molecule has 1 rings (SSSR count). The van der Waals surface area contributed by atoms with Gasteiger partial charge in [-0.15, -0.1) is 5.46 Å². The predicted molar refractivity (Wildman–Crippen MR) is 36.7 cm³/mol. The van der Waals surface area contributed by atoms with E-state index in [0.717, 1.165) is 0 Å². The summed E-state index contributed by atoms with van der Waals surface area (Å²) in [4.78, 5) is 0. The van der Waals surface area contributed by atoms with Gasteiger partial charge in [-0.05, 0) is 12.1 Å². The van der Waals surface area contributed by atoms with Crippen molar-refractivity contribution in [3.63, 3.8) is 0 Å². The van der Waals surface area contributed by atoms with Crippen LogP contribution in [0.4, 0.5) is 21.7 Å². The van der Waals surface area contributed by atoms with Crippen LogP contribution in [0.3, 0.4) is 0 Å². The number of phenolic OH excluding ortho intramolecular Hbond substituents is 1. The van der Waals surface area contributed by atoms with E-state index in [0.29, 0.717) is 0 Å². The van der Waals surface area contributed by atoms with Gasteiger partial charge in [-0.25, -0.2) is 4.39 Å². The Bertz CT molecular complexity index is 311. The zero-order valence-electron chi connectivity index (χ0n) is 6.07. The van der Waals surface area contributed by atoms with E-state index in [1.54, 1.807) is 0 Å². The fraction of sp³-hybridized carbons (Fsp3) is 0. The molecule has 0 unspecified atom stereocenters. The number of rotatable bonds is 1. The van der Waals surface area contributed by atoms with Gasteiger partial charge < -0.3 is 18.1 Å². The van der Waals surface area contributed by atoms with Crippen molar-refractivity contribution in [2.24, 2.45) is 0 Å². The fourth-order valence-electron chi connectivity index (χ4n) is 0.784. The van der Waals surface area contributed by atoms with E-state index in [-0.39, 0.29) is 12.1 Å². The van der Waals surface area contributed by atoms with Crippen molar-refractivity contribution in [2.75, 3.05) is 0 Å². The molecule has 0 aromatic heterocycles. The molecule has 0 spiro atoms. The molecule has 1 aromatic carbocycles. The standard InChI is InChI=1S/C6H3BF5O/c8-4-1-3(7(10,11)12)2-5(13)6(4)9/h1-2,13H/q-1. The van der Waals surface area contributed by atoms with E-state index in [9.17, 15) is 21.7 Å². The second kappa shape index (κ2) is 2.90. The lowest BCUT2D eigenvalue weighted by Gasteiger charge is -2.15. The third-order valence-corrected chi connectivity index (χ3v) is 1.41. The molecule has 0 aliphatic carbocycles. The number of benzene rings is 1. The number of phenols is 1. The van der Waals surface area contributed by atoms with Crippen LogP contribution in [-0.4, -0.2) is 12.1 Å². The smallest absolute Gasteiger partial charge is 0.505 e. The fourth-order valence-corrected chi connectivity index (χ4v) is 0.784. The van der Waals surface area contributed by atoms with Crippen LogP contribution in [0.5, 0.6) is 5.75 Å². The maximum Gasteiger partial charge on any atom is 0.509 e. The molecule has 0 saturated heterocycles. The molecule has 72 valence electrons. The average molecular weight is 197 g/mol. The SMILES string of the molecule is Oc1cc([B-](F)(F)F)cc(F)c1F. The van der Waals surface area contributed by atoms with E-state index in [1.807, 2.05) is 0 Å². The summed E-state index contributed by atoms with van der Waals surface area (Å²) in [7, 11) is 0. The highest BCUT2D eigenvalue weighted by Gasteiger charge is 2.27. The van der Waals surface area contributed by atoms with Crippen LogP contribution in [0.15, 0.2) is 12.1 Å². The summed E-state index contributed by atoms with van der Waals surface area (Å²) in [6, 6.07) is 0.160. The molecule has 13 heavy (non-hydrogen) atoms. The van der Waals surface area contributed by atoms with Crippen LogP contribution in [0, 0.1) is 11.6 Å². The highest BCUT2D eigenvalue weighted by molar-refractivity contribution is 6.73. The summed E-state index contributed by atoms with van der Waals surface area (Å²) in [5.41, 5.74) is -1.36. The summed E-state index contributed by atoms with van der Waals surface area (Å²) < 4.78 is 60.5. The van der Waals surface area contributed by atoms with E-state index < -0.39 is 29.8 Å². The Labute approximate surface area is 69.9 Å². The molecule has 0 amide bonds. The lowest BCUT2D eigenvalue weighted by molar-refractivity contribution is 0.406. The van der Waals surface area contributed by atoms with Gasteiger partial charge in [0.15, 0.2) is 17.4 Å². The van der Waals surface area contributed by atoms with Gasteiger partial charge in [0.25, 0.3) is 0 Å². The van der Waals surface area contributed by atoms with Crippen molar-refractivity contribution in [2.45, 2.75) is 0 Å². The topological polar surface area (TPSA) is 20.2 Å². The summed E-state index contributed by atoms with van der Waals surface area (Å²) in [5.74, 6) is -4.73. The van der Waals surface area contributed by atoms with Crippen molar-refractivity contribution < 1.29 is 26.8 Å². The summed E-state index contributed by atoms with van der Waals surface area (Å²) in [5, 5.41) is 8.54. The first kappa shape index (κ1) is 9.82. The van der Waals surface area contributed by atoms with Gasteiger partial charge in [0, 0.05) is 0 Å². The van der Waals surface area contributed by atoms with Crippen LogP contribution in [0.1, 0.15) is 0 Å². The molecule has 1 N–H and O–H groups in total. The van der Waals surface area contributed by atoms with Crippen LogP contribution in [0.2, 0.25) is 0 Å². The molecule has 0 saturated carbocycles. The Morgan fingerprint density at radius 2 is 1.62 bits per heavy atom. The van der Waals surface area contributed by atoms with Crippen molar-refractivity contribution in [1.82, 2.24) is 0 Å². The zero-order valence-corrected chi connectivity index (χ0v) is 6.07. The van der Waals surface area contributed by atoms with Crippen molar-refractivity contribution in [1.29, 1.82) is 0 Å². The Morgan fingerprint density at radius 1 is 1.08 bits per heavy atom. The highest BCUT2D eigenvalue weighted by Crippen LogP contribution is 2.19. The predicted octanol–water partition coefficient (Wildman–Crippen LogP) is 1.72. The van der Waals surface area contributed by atoms with Crippen LogP contribution in [0.25, 0.3) is 0 Å². The van der Waals surface area contributed by atoms with E-state index in [4.69, 9.17) is 5.11 Å². The normalized spacial score (nSPS) is 11.8. The molecule has 1 aromatic rings. The molecule has 0 bridgehead atoms. The first-order chi connectivity index (χ1) is 5.82. The molecule has 0 aliphatic rings. The lowest BCUT2D eigenvalue weighted by Crippen LogP contribution is -2.34. The molecule has 0 heterocycles. The summed E-state index contributed by atoms with van der Waals surface area (Å²) in [6.07, 6.45) is 0. The van der Waals surface area contributed by atoms with Crippen molar-refractivity contribution in [3.8, 4) is 5.75 Å². The summed E-state index contributed by atoms with van der Waals surface area (Å²) >= 11 is 0. The number of aromatic hydroxyl groups is 1. The van der Waals surface area contributed by atoms with Gasteiger partial charge in [-0.2, -0.15) is 4.39 Å². The Balaban J connectivity index is 3.29. The van der Waals surface area contributed by atoms with Crippen LogP contribution >= 0.6 is 0 Å². The van der Waals surface area contributed by atoms with E-state index in [2.05, 4.69) is 0 Å². The van der Waals surface area contributed by atoms with Gasteiger partial charge in [0.05, 0.1) is 0 Å². The minimum absolute atomic E-state index is 0.00898. The molecule has 7 heteroatoms. The molecular weight excluding hydrogens is 194 g/mol. The average Bonchev–Trinajstić information content (AvgIpc) is 1.97. The largest absolute Gasteiger partial charge is 0.509 e. The minimum Gasteiger partial charge on any atom is -0.505 e. The first-order valence-corrected chi connectivity index (χ1v) is 3.20. The third-order valence-electron chi connectivity index (χ3n) is 1.41. The Kier molecular flexibility index (Phi) is 2.19. The lowest BCUT2D eigenvalue weighted by atomic mass is 9.80.